The molecule has 0 aliphatic carbocycles. The maximum absolute atomic E-state index is 13.3. The number of nitrogens with one attached hydrogen (secondary N) is 1. The topological polar surface area (TPSA) is 106 Å². The number of thiazole rings is 1. The minimum atomic E-state index is -0.417. The van der Waals surface area contributed by atoms with Crippen LogP contribution in [0.2, 0.25) is 0 Å². The number of nitrogens with zero attached hydrogens (tertiary/aromatic N) is 2. The van der Waals surface area contributed by atoms with Crippen LogP contribution >= 0.6 is 11.3 Å². The summed E-state index contributed by atoms with van der Waals surface area (Å²) in [5.41, 5.74) is 2.07. The zero-order valence-corrected chi connectivity index (χ0v) is 19.8. The molecule has 0 radical (unpaired) electrons. The fourth-order valence-corrected chi connectivity index (χ4v) is 4.40. The molecule has 8 nitrogen and oxygen atoms in total. The number of carbonyl (C=O) groups excluding carboxylic acids is 1. The summed E-state index contributed by atoms with van der Waals surface area (Å²) in [6.07, 6.45) is 0. The number of fused-ring (bicyclic) bond motifs is 2. The van der Waals surface area contributed by atoms with Gasteiger partial charge in [-0.1, -0.05) is 11.3 Å². The van der Waals surface area contributed by atoms with Gasteiger partial charge >= 0.3 is 0 Å². The number of ether oxygens (including phenoxy) is 2. The van der Waals surface area contributed by atoms with Gasteiger partial charge in [-0.25, -0.2) is 9.98 Å². The van der Waals surface area contributed by atoms with Crippen LogP contribution in [0.5, 0.6) is 17.2 Å². The minimum absolute atomic E-state index is 0.0507. The van der Waals surface area contributed by atoms with E-state index in [0.717, 1.165) is 16.0 Å². The smallest absolute Gasteiger partial charge is 0.262 e. The predicted molar refractivity (Wildman–Crippen MR) is 135 cm³/mol. The highest BCUT2D eigenvalue weighted by Crippen LogP contribution is 2.30. The van der Waals surface area contributed by atoms with E-state index in [4.69, 9.17) is 13.9 Å². The molecule has 0 spiro atoms. The van der Waals surface area contributed by atoms with Gasteiger partial charge in [-0.15, -0.1) is 0 Å². The third-order valence-corrected chi connectivity index (χ3v) is 6.11. The third-order valence-electron chi connectivity index (χ3n) is 5.17. The Morgan fingerprint density at radius 2 is 1.89 bits per heavy atom. The second-order valence-electron chi connectivity index (χ2n) is 7.53. The van der Waals surface area contributed by atoms with Gasteiger partial charge in [0.05, 0.1) is 29.6 Å². The molecule has 0 aliphatic heterocycles. The van der Waals surface area contributed by atoms with Crippen molar-refractivity contribution in [1.82, 2.24) is 4.98 Å². The number of carbonyl (C=O) groups is 1. The lowest BCUT2D eigenvalue weighted by Crippen LogP contribution is -2.21. The Morgan fingerprint density at radius 1 is 1.09 bits per heavy atom. The van der Waals surface area contributed by atoms with Crippen molar-refractivity contribution in [2.24, 2.45) is 4.99 Å². The average molecular weight is 488 g/mol. The van der Waals surface area contributed by atoms with Crippen molar-refractivity contribution < 1.29 is 23.8 Å². The van der Waals surface area contributed by atoms with Crippen LogP contribution in [0.25, 0.3) is 21.2 Å². The molecule has 0 unspecified atom stereocenters. The molecule has 2 aromatic heterocycles. The molecule has 2 N–H and O–H groups in total. The van der Waals surface area contributed by atoms with Crippen LogP contribution in [0.15, 0.2) is 76.1 Å². The number of hydrogen-bond acceptors (Lipinski definition) is 8. The van der Waals surface area contributed by atoms with E-state index in [9.17, 15) is 9.90 Å². The molecule has 176 valence electrons. The Morgan fingerprint density at radius 3 is 2.66 bits per heavy atom. The molecule has 0 saturated carbocycles. The summed E-state index contributed by atoms with van der Waals surface area (Å²) < 4.78 is 17.6. The molecule has 2 heterocycles. The van der Waals surface area contributed by atoms with Crippen molar-refractivity contribution in [2.45, 2.75) is 6.92 Å². The molecule has 9 heteroatoms. The van der Waals surface area contributed by atoms with E-state index >= 15 is 0 Å². The number of aromatic nitrogens is 1. The average Bonchev–Trinajstić information content (AvgIpc) is 3.25. The fraction of sp³-hybridized carbons (Fsp3) is 0.115. The highest BCUT2D eigenvalue weighted by Gasteiger charge is 2.16. The first kappa shape index (κ1) is 22.4. The quantitative estimate of drug-likeness (QED) is 0.321. The van der Waals surface area contributed by atoms with Gasteiger partial charge in [-0.3, -0.25) is 10.1 Å². The van der Waals surface area contributed by atoms with Crippen molar-refractivity contribution in [2.75, 3.05) is 19.0 Å². The van der Waals surface area contributed by atoms with Crippen LogP contribution in [-0.2, 0) is 0 Å². The largest absolute Gasteiger partial charge is 0.508 e. The molecule has 35 heavy (non-hydrogen) atoms. The molecule has 0 atom stereocenters. The maximum Gasteiger partial charge on any atom is 0.262 e. The SMILES string of the molecule is CCOc1ccc2nc(NC(=O)c3cc4ccc(O)cc4oc3=Nc3ccc(OC)cc3)sc2c1. The van der Waals surface area contributed by atoms with E-state index in [2.05, 4.69) is 15.3 Å². The van der Waals surface area contributed by atoms with E-state index in [1.807, 2.05) is 25.1 Å². The molecule has 5 rings (SSSR count). The van der Waals surface area contributed by atoms with Crippen LogP contribution in [0.3, 0.4) is 0 Å². The highest BCUT2D eigenvalue weighted by atomic mass is 32.1. The Bertz CT molecular complexity index is 1610. The number of hydrogen-bond donors (Lipinski definition) is 2. The summed E-state index contributed by atoms with van der Waals surface area (Å²) >= 11 is 1.35. The van der Waals surface area contributed by atoms with Crippen molar-refractivity contribution in [1.29, 1.82) is 0 Å². The Balaban J connectivity index is 1.55. The van der Waals surface area contributed by atoms with E-state index in [1.54, 1.807) is 43.5 Å². The van der Waals surface area contributed by atoms with Crippen molar-refractivity contribution in [3.8, 4) is 17.2 Å². The first-order valence-corrected chi connectivity index (χ1v) is 11.6. The van der Waals surface area contributed by atoms with Crippen LogP contribution in [0, 0.1) is 0 Å². The summed E-state index contributed by atoms with van der Waals surface area (Å²) in [5.74, 6) is 1.07. The first-order chi connectivity index (χ1) is 17.0. The lowest BCUT2D eigenvalue weighted by molar-refractivity contribution is 0.102. The van der Waals surface area contributed by atoms with E-state index in [-0.39, 0.29) is 16.9 Å². The number of phenolic OH excluding ortho intramolecular Hbond substituents is 1. The predicted octanol–water partition coefficient (Wildman–Crippen LogP) is 5.64. The lowest BCUT2D eigenvalue weighted by Gasteiger charge is -2.06. The molecule has 3 aromatic carbocycles. The molecule has 1 amide bonds. The molecule has 0 saturated heterocycles. The summed E-state index contributed by atoms with van der Waals surface area (Å²) in [4.78, 5) is 22.4. The number of anilines is 1. The summed E-state index contributed by atoms with van der Waals surface area (Å²) in [6, 6.07) is 19.0. The van der Waals surface area contributed by atoms with Gasteiger partial charge in [0.15, 0.2) is 5.13 Å². The molecular weight excluding hydrogens is 466 g/mol. The zero-order valence-electron chi connectivity index (χ0n) is 18.9. The van der Waals surface area contributed by atoms with Crippen molar-refractivity contribution in [3.63, 3.8) is 0 Å². The first-order valence-electron chi connectivity index (χ1n) is 10.8. The van der Waals surface area contributed by atoms with Crippen LogP contribution < -0.4 is 20.3 Å². The normalized spacial score (nSPS) is 11.7. The van der Waals surface area contributed by atoms with Crippen LogP contribution in [0.4, 0.5) is 10.8 Å². The second kappa shape index (κ2) is 9.47. The standard InChI is InChI=1S/C26H21N3O5S/c1-3-33-19-10-11-21-23(14-19)35-26(28-21)29-24(31)20-12-15-4-7-17(30)13-22(15)34-25(20)27-16-5-8-18(32-2)9-6-16/h4-14,30H,3H2,1-2H3,(H,28,29,31). The Labute approximate surface area is 204 Å². The number of aromatic hydroxyl groups is 1. The van der Waals surface area contributed by atoms with Crippen molar-refractivity contribution in [3.05, 3.63) is 77.8 Å². The van der Waals surface area contributed by atoms with Crippen molar-refractivity contribution >= 4 is 49.2 Å². The Hall–Kier alpha value is -4.37. The van der Waals surface area contributed by atoms with Gasteiger partial charge < -0.3 is 19.0 Å². The molecule has 0 fully saturated rings. The number of phenols is 1. The highest BCUT2D eigenvalue weighted by molar-refractivity contribution is 7.22. The summed E-state index contributed by atoms with van der Waals surface area (Å²) in [6.45, 7) is 2.49. The minimum Gasteiger partial charge on any atom is -0.508 e. The van der Waals surface area contributed by atoms with Gasteiger partial charge in [0, 0.05) is 11.5 Å². The number of rotatable bonds is 6. The molecule has 0 aliphatic rings. The molecule has 5 aromatic rings. The van der Waals surface area contributed by atoms with Gasteiger partial charge in [-0.2, -0.15) is 0 Å². The summed E-state index contributed by atoms with van der Waals surface area (Å²) in [7, 11) is 1.58. The number of benzene rings is 3. The van der Waals surface area contributed by atoms with Crippen LogP contribution in [0.1, 0.15) is 17.3 Å². The monoisotopic (exact) mass is 487 g/mol. The molecular formula is C26H21N3O5S. The van der Waals surface area contributed by atoms with E-state index in [0.29, 0.717) is 34.1 Å². The zero-order chi connectivity index (χ0) is 24.4. The van der Waals surface area contributed by atoms with Gasteiger partial charge in [0.1, 0.15) is 28.4 Å². The second-order valence-corrected chi connectivity index (χ2v) is 8.56. The van der Waals surface area contributed by atoms with Crippen LogP contribution in [-0.4, -0.2) is 29.7 Å². The lowest BCUT2D eigenvalue weighted by atomic mass is 10.1. The van der Waals surface area contributed by atoms with Gasteiger partial charge in [-0.05, 0) is 67.6 Å². The Kier molecular flexibility index (Phi) is 6.07. The molecule has 0 bridgehead atoms. The summed E-state index contributed by atoms with van der Waals surface area (Å²) in [5, 5.41) is 13.8. The third kappa shape index (κ3) is 4.80. The number of amides is 1. The van der Waals surface area contributed by atoms with Gasteiger partial charge in [0.2, 0.25) is 5.55 Å². The van der Waals surface area contributed by atoms with Gasteiger partial charge in [0.25, 0.3) is 5.91 Å². The maximum atomic E-state index is 13.3. The van der Waals surface area contributed by atoms with E-state index < -0.39 is 5.91 Å². The fourth-order valence-electron chi connectivity index (χ4n) is 3.51. The number of methoxy groups -OCH3 is 1. The van der Waals surface area contributed by atoms with E-state index in [1.165, 1.54) is 23.5 Å².